The highest BCUT2D eigenvalue weighted by Crippen LogP contribution is 2.00. The Bertz CT molecular complexity index is 30.6. The Morgan fingerprint density at radius 3 is 2.20 bits per heavy atom. The predicted octanol–water partition coefficient (Wildman–Crippen LogP) is 0.383. The van der Waals surface area contributed by atoms with E-state index in [1.165, 1.54) is 6.42 Å². The van der Waals surface area contributed by atoms with Crippen molar-refractivity contribution in [2.45, 2.75) is 19.4 Å². The van der Waals surface area contributed by atoms with E-state index >= 15 is 0 Å². The second-order valence-electron chi connectivity index (χ2n) is 1.54. The second kappa shape index (κ2) is 0.977. The molecule has 0 spiro atoms. The third kappa shape index (κ3) is 0.428. The lowest BCUT2D eigenvalue weighted by Crippen LogP contribution is -2.32. The first-order chi connectivity index (χ1) is 2.39. The number of hydrogen-bond acceptors (Lipinski definition) is 0. The van der Waals surface area contributed by atoms with Gasteiger partial charge in [0, 0.05) is 12.6 Å². The molecule has 1 fully saturated rings. The van der Waals surface area contributed by atoms with Crippen LogP contribution in [0.1, 0.15) is 13.3 Å². The van der Waals surface area contributed by atoms with Gasteiger partial charge in [0.1, 0.15) is 0 Å². The van der Waals surface area contributed by atoms with Crippen molar-refractivity contribution in [1.29, 1.82) is 0 Å². The Kier molecular flexibility index (Phi) is 0.618. The van der Waals surface area contributed by atoms with E-state index in [2.05, 4.69) is 12.2 Å². The summed E-state index contributed by atoms with van der Waals surface area (Å²) in [6, 6.07) is 0.690. The van der Waals surface area contributed by atoms with Crippen LogP contribution in [0.2, 0.25) is 0 Å². The summed E-state index contributed by atoms with van der Waals surface area (Å²) in [5, 5.41) is 4.07. The van der Waals surface area contributed by atoms with Gasteiger partial charge in [0.05, 0.1) is 0 Å². The van der Waals surface area contributed by atoms with E-state index < -0.39 is 0 Å². The van der Waals surface area contributed by atoms with E-state index in [4.69, 9.17) is 0 Å². The Labute approximate surface area is 32.4 Å². The highest BCUT2D eigenvalue weighted by Gasteiger charge is 2.09. The van der Waals surface area contributed by atoms with Gasteiger partial charge in [0.2, 0.25) is 0 Å². The van der Waals surface area contributed by atoms with Crippen molar-refractivity contribution in [3.63, 3.8) is 0 Å². The molecular formula is C4H8N. The SMILES string of the molecule is C[C@H]1CC[N]1. The standard InChI is InChI=1S/C4H8N/c1-4-2-3-5-4/h4H,2-3H2,1H3/t4-/m0/s1. The smallest absolute Gasteiger partial charge is 0.0230 e. The summed E-state index contributed by atoms with van der Waals surface area (Å²) in [6.45, 7) is 3.25. The molecule has 1 aliphatic heterocycles. The highest BCUT2D eigenvalue weighted by molar-refractivity contribution is 4.69. The Morgan fingerprint density at radius 2 is 2.20 bits per heavy atom. The van der Waals surface area contributed by atoms with Crippen molar-refractivity contribution in [3.8, 4) is 0 Å². The monoisotopic (exact) mass is 70.1 g/mol. The Hall–Kier alpha value is -0.0400. The summed E-state index contributed by atoms with van der Waals surface area (Å²) < 4.78 is 0. The van der Waals surface area contributed by atoms with E-state index in [1.807, 2.05) is 0 Å². The maximum Gasteiger partial charge on any atom is 0.0230 e. The van der Waals surface area contributed by atoms with E-state index in [1.54, 1.807) is 0 Å². The summed E-state index contributed by atoms with van der Waals surface area (Å²) in [5.74, 6) is 0. The molecule has 0 N–H and O–H groups in total. The van der Waals surface area contributed by atoms with Crippen LogP contribution in [0.15, 0.2) is 0 Å². The first kappa shape index (κ1) is 3.16. The minimum atomic E-state index is 0.690. The largest absolute Gasteiger partial charge is 0.239 e. The van der Waals surface area contributed by atoms with E-state index in [9.17, 15) is 0 Å². The zero-order valence-corrected chi connectivity index (χ0v) is 3.44. The van der Waals surface area contributed by atoms with Gasteiger partial charge in [0.25, 0.3) is 0 Å². The van der Waals surface area contributed by atoms with Crippen LogP contribution >= 0.6 is 0 Å². The van der Waals surface area contributed by atoms with E-state index in [0.717, 1.165) is 6.54 Å². The molecule has 29 valence electrons. The molecule has 1 nitrogen and oxygen atoms in total. The first-order valence-electron chi connectivity index (χ1n) is 2.06. The van der Waals surface area contributed by atoms with Gasteiger partial charge < -0.3 is 0 Å². The fourth-order valence-electron chi connectivity index (χ4n) is 0.387. The van der Waals surface area contributed by atoms with Crippen LogP contribution in [0.5, 0.6) is 0 Å². The van der Waals surface area contributed by atoms with Crippen LogP contribution in [0.4, 0.5) is 0 Å². The van der Waals surface area contributed by atoms with Crippen molar-refractivity contribution >= 4 is 0 Å². The van der Waals surface area contributed by atoms with E-state index in [-0.39, 0.29) is 0 Å². The van der Waals surface area contributed by atoms with Gasteiger partial charge in [-0.3, -0.25) is 0 Å². The fourth-order valence-corrected chi connectivity index (χ4v) is 0.387. The van der Waals surface area contributed by atoms with Crippen LogP contribution in [0.3, 0.4) is 0 Å². The molecule has 0 unspecified atom stereocenters. The van der Waals surface area contributed by atoms with Crippen LogP contribution in [-0.4, -0.2) is 12.6 Å². The molecule has 1 saturated heterocycles. The van der Waals surface area contributed by atoms with Gasteiger partial charge in [0.15, 0.2) is 0 Å². The highest BCUT2D eigenvalue weighted by atomic mass is 15.0. The molecular weight excluding hydrogens is 62.1 g/mol. The van der Waals surface area contributed by atoms with Crippen LogP contribution in [0.25, 0.3) is 0 Å². The fraction of sp³-hybridized carbons (Fsp3) is 1.00. The zero-order chi connectivity index (χ0) is 3.70. The maximum atomic E-state index is 4.07. The molecule has 0 saturated carbocycles. The molecule has 1 heterocycles. The minimum absolute atomic E-state index is 0.690. The Morgan fingerprint density at radius 1 is 1.80 bits per heavy atom. The average molecular weight is 70.1 g/mol. The molecule has 1 atom stereocenters. The summed E-state index contributed by atoms with van der Waals surface area (Å²) >= 11 is 0. The van der Waals surface area contributed by atoms with Gasteiger partial charge in [-0.15, -0.1) is 0 Å². The third-order valence-electron chi connectivity index (χ3n) is 0.988. The van der Waals surface area contributed by atoms with Gasteiger partial charge in [-0.05, 0) is 13.3 Å². The average Bonchev–Trinajstić information content (AvgIpc) is 1.30. The normalized spacial score (nSPS) is 36.6. The molecule has 1 rings (SSSR count). The molecule has 0 amide bonds. The lowest BCUT2D eigenvalue weighted by atomic mass is 10.1. The van der Waals surface area contributed by atoms with Gasteiger partial charge in [-0.2, -0.15) is 0 Å². The maximum absolute atomic E-state index is 4.07. The third-order valence-corrected chi connectivity index (χ3v) is 0.988. The topological polar surface area (TPSA) is 14.1 Å². The molecule has 5 heavy (non-hydrogen) atoms. The minimum Gasteiger partial charge on any atom is -0.239 e. The van der Waals surface area contributed by atoms with Crippen molar-refractivity contribution in [3.05, 3.63) is 0 Å². The molecule has 0 aromatic carbocycles. The summed E-state index contributed by atoms with van der Waals surface area (Å²) in [6.07, 6.45) is 1.32. The first-order valence-corrected chi connectivity index (χ1v) is 2.06. The molecule has 0 aromatic rings. The summed E-state index contributed by atoms with van der Waals surface area (Å²) in [7, 11) is 0. The predicted molar refractivity (Wildman–Crippen MR) is 21.1 cm³/mol. The Balaban J connectivity index is 2.08. The van der Waals surface area contributed by atoms with Crippen molar-refractivity contribution in [2.24, 2.45) is 0 Å². The summed E-state index contributed by atoms with van der Waals surface area (Å²) in [5.41, 5.74) is 0. The lowest BCUT2D eigenvalue weighted by Gasteiger charge is -2.19. The molecule has 0 bridgehead atoms. The number of rotatable bonds is 0. The quantitative estimate of drug-likeness (QED) is 0.391. The van der Waals surface area contributed by atoms with Crippen molar-refractivity contribution in [2.75, 3.05) is 6.54 Å². The van der Waals surface area contributed by atoms with Gasteiger partial charge in [-0.1, -0.05) is 0 Å². The van der Waals surface area contributed by atoms with E-state index in [0.29, 0.717) is 6.04 Å². The zero-order valence-electron chi connectivity index (χ0n) is 3.44. The molecule has 0 aromatic heterocycles. The molecule has 0 aliphatic carbocycles. The van der Waals surface area contributed by atoms with Gasteiger partial charge >= 0.3 is 0 Å². The van der Waals surface area contributed by atoms with Gasteiger partial charge in [-0.25, -0.2) is 5.32 Å². The van der Waals surface area contributed by atoms with Crippen LogP contribution < -0.4 is 5.32 Å². The van der Waals surface area contributed by atoms with Crippen molar-refractivity contribution in [1.82, 2.24) is 5.32 Å². The van der Waals surface area contributed by atoms with Crippen LogP contribution in [0, 0.1) is 0 Å². The van der Waals surface area contributed by atoms with Crippen LogP contribution in [-0.2, 0) is 0 Å². The lowest BCUT2D eigenvalue weighted by molar-refractivity contribution is 0.388. The number of hydrogen-bond donors (Lipinski definition) is 0. The molecule has 1 aliphatic rings. The number of nitrogens with zero attached hydrogens (tertiary/aromatic N) is 1. The van der Waals surface area contributed by atoms with Crippen molar-refractivity contribution < 1.29 is 0 Å². The summed E-state index contributed by atoms with van der Waals surface area (Å²) in [4.78, 5) is 0. The molecule has 1 heteroatoms. The molecule has 1 radical (unpaired) electrons. The second-order valence-corrected chi connectivity index (χ2v) is 1.54.